The summed E-state index contributed by atoms with van der Waals surface area (Å²) in [7, 11) is 1.74. The Labute approximate surface area is 115 Å². The number of hydrogen-bond donors (Lipinski definition) is 1. The van der Waals surface area contributed by atoms with E-state index in [1.54, 1.807) is 35.9 Å². The van der Waals surface area contributed by atoms with Gasteiger partial charge in [-0.1, -0.05) is 11.8 Å². The van der Waals surface area contributed by atoms with Crippen LogP contribution in [0.4, 0.5) is 0 Å². The Morgan fingerprint density at radius 3 is 3.11 bits per heavy atom. The number of aliphatic hydroxyl groups excluding tert-OH is 1. The highest BCUT2D eigenvalue weighted by Crippen LogP contribution is 2.16. The minimum absolute atomic E-state index is 0.0606. The van der Waals surface area contributed by atoms with Gasteiger partial charge in [0.2, 0.25) is 0 Å². The van der Waals surface area contributed by atoms with E-state index < -0.39 is 0 Å². The van der Waals surface area contributed by atoms with Gasteiger partial charge in [-0.2, -0.15) is 0 Å². The summed E-state index contributed by atoms with van der Waals surface area (Å²) >= 11 is 1.39. The molecule has 2 rings (SSSR count). The minimum Gasteiger partial charge on any atom is -0.472 e. The third-order valence-corrected chi connectivity index (χ3v) is 3.33. The Morgan fingerprint density at radius 2 is 2.42 bits per heavy atom. The van der Waals surface area contributed by atoms with Gasteiger partial charge in [0, 0.05) is 24.5 Å². The van der Waals surface area contributed by atoms with E-state index in [1.165, 1.54) is 11.3 Å². The molecule has 0 fully saturated rings. The molecule has 2 aromatic rings. The molecule has 0 aliphatic heterocycles. The highest BCUT2D eigenvalue weighted by molar-refractivity contribution is 7.10. The van der Waals surface area contributed by atoms with Crippen LogP contribution < -0.4 is 0 Å². The molecule has 0 radical (unpaired) electrons. The lowest BCUT2D eigenvalue weighted by molar-refractivity contribution is 0.0785. The maximum Gasteiger partial charge on any atom is 0.254 e. The topological polar surface area (TPSA) is 53.7 Å². The van der Waals surface area contributed by atoms with Crippen molar-refractivity contribution < 1.29 is 14.3 Å². The Morgan fingerprint density at radius 1 is 1.58 bits per heavy atom. The number of aliphatic hydroxyl groups is 1. The first kappa shape index (κ1) is 13.4. The summed E-state index contributed by atoms with van der Waals surface area (Å²) in [4.78, 5) is 14.6. The van der Waals surface area contributed by atoms with Crippen molar-refractivity contribution in [1.29, 1.82) is 0 Å². The monoisotopic (exact) mass is 275 g/mol. The second kappa shape index (κ2) is 6.23. The highest BCUT2D eigenvalue weighted by atomic mass is 32.1. The van der Waals surface area contributed by atoms with Crippen LogP contribution in [0.2, 0.25) is 0 Å². The molecule has 4 nitrogen and oxygen atoms in total. The summed E-state index contributed by atoms with van der Waals surface area (Å²) in [5.74, 6) is 5.29. The standard InChI is InChI=1S/C14H13NO3S/c1-15(8-11-4-6-18-9-11)14(17)12-7-13(19-10-12)3-2-5-16/h4,6-7,9-10,16H,5,8H2,1H3. The van der Waals surface area contributed by atoms with Gasteiger partial charge in [0.15, 0.2) is 0 Å². The van der Waals surface area contributed by atoms with E-state index in [0.29, 0.717) is 12.1 Å². The van der Waals surface area contributed by atoms with Crippen molar-refractivity contribution in [1.82, 2.24) is 4.90 Å². The molecule has 1 N–H and O–H groups in total. The van der Waals surface area contributed by atoms with Crippen LogP contribution in [0.1, 0.15) is 20.8 Å². The predicted molar refractivity (Wildman–Crippen MR) is 72.8 cm³/mol. The molecular weight excluding hydrogens is 262 g/mol. The lowest BCUT2D eigenvalue weighted by Gasteiger charge is -2.14. The third kappa shape index (κ3) is 3.47. The number of nitrogens with zero attached hydrogens (tertiary/aromatic N) is 1. The van der Waals surface area contributed by atoms with E-state index in [9.17, 15) is 4.79 Å². The molecule has 5 heteroatoms. The summed E-state index contributed by atoms with van der Waals surface area (Å²) in [5, 5.41) is 10.4. The van der Waals surface area contributed by atoms with E-state index in [0.717, 1.165) is 10.4 Å². The fourth-order valence-corrected chi connectivity index (χ4v) is 2.34. The minimum atomic E-state index is -0.179. The van der Waals surface area contributed by atoms with Gasteiger partial charge in [-0.3, -0.25) is 4.79 Å². The molecule has 19 heavy (non-hydrogen) atoms. The molecule has 0 saturated carbocycles. The molecule has 1 amide bonds. The quantitative estimate of drug-likeness (QED) is 0.871. The molecule has 2 heterocycles. The Kier molecular flexibility index (Phi) is 4.39. The van der Waals surface area contributed by atoms with Crippen molar-refractivity contribution >= 4 is 17.2 Å². The van der Waals surface area contributed by atoms with Crippen molar-refractivity contribution in [2.24, 2.45) is 0 Å². The van der Waals surface area contributed by atoms with E-state index in [4.69, 9.17) is 9.52 Å². The number of carbonyl (C=O) groups is 1. The van der Waals surface area contributed by atoms with Gasteiger partial charge < -0.3 is 14.4 Å². The predicted octanol–water partition coefficient (Wildman–Crippen LogP) is 1.96. The zero-order chi connectivity index (χ0) is 13.7. The van der Waals surface area contributed by atoms with Crippen molar-refractivity contribution in [2.45, 2.75) is 6.54 Å². The Balaban J connectivity index is 2.04. The van der Waals surface area contributed by atoms with Gasteiger partial charge in [-0.15, -0.1) is 11.3 Å². The fraction of sp³-hybridized carbons (Fsp3) is 0.214. The van der Waals surface area contributed by atoms with Crippen molar-refractivity contribution in [3.63, 3.8) is 0 Å². The molecule has 0 unspecified atom stereocenters. The van der Waals surface area contributed by atoms with Gasteiger partial charge in [-0.05, 0) is 12.1 Å². The summed E-state index contributed by atoms with van der Waals surface area (Å²) in [5.41, 5.74) is 1.56. The molecule has 0 saturated heterocycles. The van der Waals surface area contributed by atoms with Crippen LogP contribution in [-0.2, 0) is 6.54 Å². The van der Waals surface area contributed by atoms with Gasteiger partial charge in [0.05, 0.1) is 23.0 Å². The largest absolute Gasteiger partial charge is 0.472 e. The smallest absolute Gasteiger partial charge is 0.254 e. The van der Waals surface area contributed by atoms with E-state index in [2.05, 4.69) is 11.8 Å². The molecule has 0 aliphatic rings. The molecular formula is C14H13NO3S. The summed E-state index contributed by atoms with van der Waals surface area (Å²) in [6.07, 6.45) is 3.20. The van der Waals surface area contributed by atoms with Crippen LogP contribution in [0.15, 0.2) is 34.5 Å². The zero-order valence-corrected chi connectivity index (χ0v) is 11.2. The van der Waals surface area contributed by atoms with Gasteiger partial charge >= 0.3 is 0 Å². The average Bonchev–Trinajstić information content (AvgIpc) is 3.06. The first-order valence-electron chi connectivity index (χ1n) is 5.65. The molecule has 0 spiro atoms. The summed E-state index contributed by atoms with van der Waals surface area (Å²) < 4.78 is 4.97. The second-order valence-corrected chi connectivity index (χ2v) is 4.86. The number of amides is 1. The van der Waals surface area contributed by atoms with Crippen molar-refractivity contribution in [3.05, 3.63) is 46.0 Å². The van der Waals surface area contributed by atoms with Crippen LogP contribution in [0.3, 0.4) is 0 Å². The van der Waals surface area contributed by atoms with Gasteiger partial charge in [-0.25, -0.2) is 0 Å². The molecule has 0 bridgehead atoms. The average molecular weight is 275 g/mol. The Bertz CT molecular complexity index is 604. The molecule has 98 valence electrons. The van der Waals surface area contributed by atoms with Crippen molar-refractivity contribution in [2.75, 3.05) is 13.7 Å². The lowest BCUT2D eigenvalue weighted by atomic mass is 10.2. The SMILES string of the molecule is CN(Cc1ccoc1)C(=O)c1csc(C#CCO)c1. The summed E-state index contributed by atoms with van der Waals surface area (Å²) in [6.45, 7) is 0.324. The maximum atomic E-state index is 12.2. The van der Waals surface area contributed by atoms with Crippen LogP contribution in [0.25, 0.3) is 0 Å². The first-order valence-corrected chi connectivity index (χ1v) is 6.53. The van der Waals surface area contributed by atoms with E-state index >= 15 is 0 Å². The van der Waals surface area contributed by atoms with Gasteiger partial charge in [0.25, 0.3) is 5.91 Å². The number of hydrogen-bond acceptors (Lipinski definition) is 4. The van der Waals surface area contributed by atoms with Crippen LogP contribution >= 0.6 is 11.3 Å². The maximum absolute atomic E-state index is 12.2. The molecule has 0 aromatic carbocycles. The molecule has 2 aromatic heterocycles. The number of carbonyl (C=O) groups excluding carboxylic acids is 1. The van der Waals surface area contributed by atoms with Gasteiger partial charge in [0.1, 0.15) is 6.61 Å². The first-order chi connectivity index (χ1) is 9.20. The third-order valence-electron chi connectivity index (χ3n) is 2.48. The zero-order valence-electron chi connectivity index (χ0n) is 10.4. The normalized spacial score (nSPS) is 9.79. The Hall–Kier alpha value is -2.03. The van der Waals surface area contributed by atoms with Crippen LogP contribution in [-0.4, -0.2) is 29.6 Å². The van der Waals surface area contributed by atoms with Crippen LogP contribution in [0, 0.1) is 11.8 Å². The number of thiophene rings is 1. The van der Waals surface area contributed by atoms with Crippen molar-refractivity contribution in [3.8, 4) is 11.8 Å². The number of furan rings is 1. The second-order valence-electron chi connectivity index (χ2n) is 3.95. The van der Waals surface area contributed by atoms with Crippen LogP contribution in [0.5, 0.6) is 0 Å². The van der Waals surface area contributed by atoms with E-state index in [1.807, 2.05) is 6.07 Å². The molecule has 0 atom stereocenters. The highest BCUT2D eigenvalue weighted by Gasteiger charge is 2.14. The molecule has 0 aliphatic carbocycles. The summed E-state index contributed by atoms with van der Waals surface area (Å²) in [6, 6.07) is 3.57. The number of rotatable bonds is 3. The van der Waals surface area contributed by atoms with E-state index in [-0.39, 0.29) is 12.5 Å². The fourth-order valence-electron chi connectivity index (χ4n) is 1.59. The lowest BCUT2D eigenvalue weighted by Crippen LogP contribution is -2.25.